The van der Waals surface area contributed by atoms with Gasteiger partial charge in [-0.1, -0.05) is 44.2 Å². The summed E-state index contributed by atoms with van der Waals surface area (Å²) in [5, 5.41) is 16.3. The molecule has 32 heavy (non-hydrogen) atoms. The van der Waals surface area contributed by atoms with E-state index >= 15 is 0 Å². The number of nitrogens with zero attached hydrogens (tertiary/aromatic N) is 1. The van der Waals surface area contributed by atoms with E-state index in [1.807, 2.05) is 51.1 Å². The highest BCUT2D eigenvalue weighted by molar-refractivity contribution is 5.94. The fourth-order valence-corrected chi connectivity index (χ4v) is 4.33. The van der Waals surface area contributed by atoms with Gasteiger partial charge in [0.05, 0.1) is 23.5 Å². The molecule has 7 heteroatoms. The van der Waals surface area contributed by atoms with Crippen LogP contribution in [0.15, 0.2) is 54.7 Å². The number of nitrogens with one attached hydrogen (secondary N) is 2. The van der Waals surface area contributed by atoms with Gasteiger partial charge in [-0.15, -0.1) is 0 Å². The monoisotopic (exact) mass is 437 g/mol. The number of amides is 2. The van der Waals surface area contributed by atoms with Crippen molar-refractivity contribution in [2.75, 3.05) is 5.32 Å². The Labute approximate surface area is 185 Å². The fraction of sp³-hybridized carbons (Fsp3) is 0.280. The summed E-state index contributed by atoms with van der Waals surface area (Å²) in [4.78, 5) is 17.4. The van der Waals surface area contributed by atoms with Crippen LogP contribution in [-0.2, 0) is 5.41 Å². The normalized spacial score (nSPS) is 19.2. The van der Waals surface area contributed by atoms with Gasteiger partial charge in [-0.2, -0.15) is 0 Å². The second-order valence-corrected chi connectivity index (χ2v) is 8.86. The number of aromatic nitrogens is 1. The van der Waals surface area contributed by atoms with Gasteiger partial charge < -0.3 is 15.7 Å². The number of aliphatic hydroxyl groups is 1. The summed E-state index contributed by atoms with van der Waals surface area (Å²) >= 11 is 0. The highest BCUT2D eigenvalue weighted by Crippen LogP contribution is 2.42. The molecule has 4 rings (SSSR count). The second kappa shape index (κ2) is 8.31. The Morgan fingerprint density at radius 3 is 2.53 bits per heavy atom. The number of anilines is 1. The number of carbonyl (C=O) groups excluding carboxylic acids is 1. The first kappa shape index (κ1) is 21.9. The first-order chi connectivity index (χ1) is 15.2. The predicted molar refractivity (Wildman–Crippen MR) is 119 cm³/mol. The van der Waals surface area contributed by atoms with Gasteiger partial charge in [0.1, 0.15) is 0 Å². The van der Waals surface area contributed by atoms with Crippen molar-refractivity contribution in [3.8, 4) is 11.3 Å². The maximum absolute atomic E-state index is 14.0. The number of pyridine rings is 1. The molecule has 0 fully saturated rings. The number of rotatable bonds is 3. The van der Waals surface area contributed by atoms with Crippen molar-refractivity contribution in [2.24, 2.45) is 0 Å². The van der Waals surface area contributed by atoms with Gasteiger partial charge in [0.15, 0.2) is 11.6 Å². The highest BCUT2D eigenvalue weighted by Gasteiger charge is 2.40. The number of hydrogen-bond acceptors (Lipinski definition) is 3. The lowest BCUT2D eigenvalue weighted by Crippen LogP contribution is -2.45. The molecular formula is C25H25F2N3O2. The molecule has 0 unspecified atom stereocenters. The van der Waals surface area contributed by atoms with Crippen LogP contribution in [0.25, 0.3) is 11.3 Å². The van der Waals surface area contributed by atoms with E-state index in [1.54, 1.807) is 12.3 Å². The number of aliphatic hydroxyl groups excluding tert-OH is 1. The van der Waals surface area contributed by atoms with Crippen LogP contribution in [0, 0.1) is 18.6 Å². The molecule has 1 heterocycles. The number of fused-ring (bicyclic) bond motifs is 1. The Hall–Kier alpha value is -3.32. The third-order valence-corrected chi connectivity index (χ3v) is 5.87. The molecule has 0 bridgehead atoms. The topological polar surface area (TPSA) is 74.2 Å². The molecule has 2 amide bonds. The minimum atomic E-state index is -1.02. The smallest absolute Gasteiger partial charge is 0.319 e. The van der Waals surface area contributed by atoms with Crippen LogP contribution >= 0.6 is 0 Å². The second-order valence-electron chi connectivity index (χ2n) is 8.86. The molecule has 0 radical (unpaired) electrons. The van der Waals surface area contributed by atoms with Gasteiger partial charge in [-0.25, -0.2) is 13.6 Å². The van der Waals surface area contributed by atoms with Gasteiger partial charge in [0, 0.05) is 11.8 Å². The lowest BCUT2D eigenvalue weighted by atomic mass is 9.69. The summed E-state index contributed by atoms with van der Waals surface area (Å²) in [6.07, 6.45) is 1.04. The quantitative estimate of drug-likeness (QED) is 0.525. The van der Waals surface area contributed by atoms with Crippen LogP contribution in [0.4, 0.5) is 19.3 Å². The maximum atomic E-state index is 14.0. The van der Waals surface area contributed by atoms with E-state index in [1.165, 1.54) is 0 Å². The summed E-state index contributed by atoms with van der Waals surface area (Å²) in [6.45, 7) is 5.58. The third kappa shape index (κ3) is 4.21. The van der Waals surface area contributed by atoms with Crippen LogP contribution in [-0.4, -0.2) is 22.2 Å². The number of urea groups is 1. The molecule has 2 atom stereocenters. The van der Waals surface area contributed by atoms with Crippen LogP contribution in [0.2, 0.25) is 0 Å². The molecule has 1 aliphatic carbocycles. The Balaban J connectivity index is 1.63. The largest absolute Gasteiger partial charge is 0.391 e. The zero-order chi connectivity index (χ0) is 23.0. The van der Waals surface area contributed by atoms with Crippen LogP contribution in [0.5, 0.6) is 0 Å². The lowest BCUT2D eigenvalue weighted by molar-refractivity contribution is 0.0878. The molecule has 5 nitrogen and oxygen atoms in total. The van der Waals surface area contributed by atoms with Gasteiger partial charge in [-0.3, -0.25) is 4.98 Å². The lowest BCUT2D eigenvalue weighted by Gasteiger charge is -2.40. The van der Waals surface area contributed by atoms with Crippen LogP contribution < -0.4 is 10.6 Å². The summed E-state index contributed by atoms with van der Waals surface area (Å²) in [6, 6.07) is 12.0. The number of carbonyl (C=O) groups is 1. The summed E-state index contributed by atoms with van der Waals surface area (Å²) in [5.74, 6) is -1.97. The predicted octanol–water partition coefficient (Wildman–Crippen LogP) is 5.24. The molecule has 1 aliphatic rings. The molecule has 0 spiro atoms. The minimum Gasteiger partial charge on any atom is -0.391 e. The average molecular weight is 437 g/mol. The average Bonchev–Trinajstić information content (AvgIpc) is 2.73. The molecule has 166 valence electrons. The first-order valence-corrected chi connectivity index (χ1v) is 10.4. The van der Waals surface area contributed by atoms with E-state index in [2.05, 4.69) is 15.6 Å². The highest BCUT2D eigenvalue weighted by atomic mass is 19.2. The van der Waals surface area contributed by atoms with Crippen molar-refractivity contribution in [1.82, 2.24) is 10.3 Å². The summed E-state index contributed by atoms with van der Waals surface area (Å²) in [7, 11) is 0. The van der Waals surface area contributed by atoms with Crippen molar-refractivity contribution < 1.29 is 18.7 Å². The molecule has 0 saturated carbocycles. The van der Waals surface area contributed by atoms with Crippen molar-refractivity contribution in [2.45, 2.75) is 44.8 Å². The Morgan fingerprint density at radius 2 is 1.81 bits per heavy atom. The van der Waals surface area contributed by atoms with Crippen molar-refractivity contribution in [3.63, 3.8) is 0 Å². The Bertz CT molecular complexity index is 1170. The third-order valence-electron chi connectivity index (χ3n) is 5.87. The summed E-state index contributed by atoms with van der Waals surface area (Å²) in [5.41, 5.74) is 3.17. The molecule has 3 aromatic rings. The standard InChI is InChI=1S/C25H25F2N3O2/c1-14-9-20(22(28-13-14)15-7-5-4-6-8-15)29-24(32)30-23-16-10-18(26)19(27)11-17(16)25(2,3)12-21(23)31/h4-11,13,21,23,31H,12H2,1-3H3,(H2,29,30,32)/t21-,23+/m1/s1. The van der Waals surface area contributed by atoms with Gasteiger partial charge in [0.25, 0.3) is 0 Å². The molecular weight excluding hydrogens is 412 g/mol. The van der Waals surface area contributed by atoms with Crippen molar-refractivity contribution in [1.29, 1.82) is 0 Å². The zero-order valence-corrected chi connectivity index (χ0v) is 18.1. The minimum absolute atomic E-state index is 0.289. The molecule has 3 N–H and O–H groups in total. The zero-order valence-electron chi connectivity index (χ0n) is 18.1. The fourth-order valence-electron chi connectivity index (χ4n) is 4.33. The SMILES string of the molecule is Cc1cnc(-c2ccccc2)c(NC(=O)N[C@H]2c3cc(F)c(F)cc3C(C)(C)C[C@H]2O)c1. The van der Waals surface area contributed by atoms with Crippen LogP contribution in [0.3, 0.4) is 0 Å². The van der Waals surface area contributed by atoms with Gasteiger partial charge in [0.2, 0.25) is 0 Å². The molecule has 2 aromatic carbocycles. The van der Waals surface area contributed by atoms with Gasteiger partial charge in [-0.05, 0) is 53.6 Å². The molecule has 0 aliphatic heterocycles. The first-order valence-electron chi connectivity index (χ1n) is 10.4. The van der Waals surface area contributed by atoms with E-state index in [4.69, 9.17) is 0 Å². The van der Waals surface area contributed by atoms with Crippen molar-refractivity contribution in [3.05, 3.63) is 83.1 Å². The number of benzene rings is 2. The van der Waals surface area contributed by atoms with Crippen LogP contribution in [0.1, 0.15) is 43.0 Å². The Kier molecular flexibility index (Phi) is 5.69. The van der Waals surface area contributed by atoms with E-state index < -0.39 is 35.2 Å². The van der Waals surface area contributed by atoms with E-state index in [-0.39, 0.29) is 6.42 Å². The number of halogens is 2. The molecule has 0 saturated heterocycles. The molecule has 1 aromatic heterocycles. The maximum Gasteiger partial charge on any atom is 0.319 e. The Morgan fingerprint density at radius 1 is 1.12 bits per heavy atom. The van der Waals surface area contributed by atoms with Gasteiger partial charge >= 0.3 is 6.03 Å². The van der Waals surface area contributed by atoms with E-state index in [9.17, 15) is 18.7 Å². The number of aryl methyl sites for hydroxylation is 1. The summed E-state index contributed by atoms with van der Waals surface area (Å²) < 4.78 is 28.0. The van der Waals surface area contributed by atoms with E-state index in [0.717, 1.165) is 23.3 Å². The van der Waals surface area contributed by atoms with E-state index in [0.29, 0.717) is 22.5 Å². The van der Waals surface area contributed by atoms with Crippen molar-refractivity contribution >= 4 is 11.7 Å². The number of hydrogen-bond donors (Lipinski definition) is 3.